The van der Waals surface area contributed by atoms with E-state index in [0.717, 1.165) is 12.1 Å². The number of nitrogens with one attached hydrogen (secondary N) is 1. The number of aryl methyl sites for hydroxylation is 2. The molecule has 2 rings (SSSR count). The molecule has 1 atom stereocenters. The van der Waals surface area contributed by atoms with E-state index in [1.165, 1.54) is 6.07 Å². The second-order valence-corrected chi connectivity index (χ2v) is 5.83. The number of phenols is 1. The highest BCUT2D eigenvalue weighted by molar-refractivity contribution is 5.79. The number of carbonyl (C=O) groups excluding carboxylic acids is 1. The van der Waals surface area contributed by atoms with Crippen molar-refractivity contribution in [3.8, 4) is 5.75 Å². The van der Waals surface area contributed by atoms with Crippen molar-refractivity contribution in [1.29, 1.82) is 0 Å². The zero-order chi connectivity index (χ0) is 17.2. The Morgan fingerprint density at radius 1 is 1.35 bits per heavy atom. The van der Waals surface area contributed by atoms with Crippen LogP contribution >= 0.6 is 0 Å². The van der Waals surface area contributed by atoms with Gasteiger partial charge in [-0.15, -0.1) is 0 Å². The fraction of sp³-hybridized carbons (Fsp3) is 0.353. The third-order valence-corrected chi connectivity index (χ3v) is 3.64. The highest BCUT2D eigenvalue weighted by Crippen LogP contribution is 2.26. The molecule has 0 aliphatic heterocycles. The lowest BCUT2D eigenvalue weighted by atomic mass is 9.96. The molecule has 0 saturated carbocycles. The van der Waals surface area contributed by atoms with Gasteiger partial charge in [0, 0.05) is 11.1 Å². The first-order valence-electron chi connectivity index (χ1n) is 7.23. The molecule has 23 heavy (non-hydrogen) atoms. The molecule has 3 N–H and O–H groups in total. The number of hydrogen-bond donors (Lipinski definition) is 3. The van der Waals surface area contributed by atoms with Gasteiger partial charge in [0.15, 0.2) is 0 Å². The van der Waals surface area contributed by atoms with Crippen LogP contribution in [0.3, 0.4) is 0 Å². The summed E-state index contributed by atoms with van der Waals surface area (Å²) in [5, 5.41) is 22.7. The summed E-state index contributed by atoms with van der Waals surface area (Å²) < 4.78 is 18.5. The summed E-state index contributed by atoms with van der Waals surface area (Å²) in [5.41, 5.74) is -0.497. The Morgan fingerprint density at radius 3 is 2.65 bits per heavy atom. The fourth-order valence-corrected chi connectivity index (χ4v) is 2.46. The highest BCUT2D eigenvalue weighted by atomic mass is 19.1. The third kappa shape index (κ3) is 4.10. The monoisotopic (exact) mass is 321 g/mol. The molecule has 1 amide bonds. The van der Waals surface area contributed by atoms with Crippen molar-refractivity contribution >= 4 is 5.91 Å². The molecule has 0 aliphatic rings. The number of rotatable bonds is 5. The minimum absolute atomic E-state index is 0.0261. The molecule has 0 saturated heterocycles. The first-order chi connectivity index (χ1) is 10.7. The first kappa shape index (κ1) is 17.0. The Bertz CT molecular complexity index is 721. The molecule has 124 valence electrons. The van der Waals surface area contributed by atoms with Gasteiger partial charge in [-0.2, -0.15) is 0 Å². The van der Waals surface area contributed by atoms with Gasteiger partial charge in [-0.1, -0.05) is 0 Å². The molecular weight excluding hydrogens is 301 g/mol. The van der Waals surface area contributed by atoms with Crippen LogP contribution in [0.1, 0.15) is 29.6 Å². The average Bonchev–Trinajstić information content (AvgIpc) is 2.80. The Hall–Kier alpha value is -2.34. The van der Waals surface area contributed by atoms with Crippen LogP contribution < -0.4 is 5.32 Å². The highest BCUT2D eigenvalue weighted by Gasteiger charge is 2.28. The van der Waals surface area contributed by atoms with Gasteiger partial charge in [0.1, 0.15) is 28.7 Å². The number of furan rings is 1. The molecule has 2 aromatic rings. The smallest absolute Gasteiger partial charge is 0.224 e. The standard InChI is InChI=1S/C17H20FNO4/c1-10-6-14(11(2)23-10)17(3,22)9-19-16(21)8-12-7-13(18)4-5-15(12)20/h4-7,20,22H,8-9H2,1-3H3,(H,19,21). The summed E-state index contributed by atoms with van der Waals surface area (Å²) >= 11 is 0. The number of amides is 1. The van der Waals surface area contributed by atoms with Crippen molar-refractivity contribution in [3.63, 3.8) is 0 Å². The van der Waals surface area contributed by atoms with E-state index in [0.29, 0.717) is 17.1 Å². The van der Waals surface area contributed by atoms with Crippen molar-refractivity contribution in [2.75, 3.05) is 6.54 Å². The second kappa shape index (κ2) is 6.42. The second-order valence-electron chi connectivity index (χ2n) is 5.83. The SMILES string of the molecule is Cc1cc(C(C)(O)CNC(=O)Cc2cc(F)ccc2O)c(C)o1. The Kier molecular flexibility index (Phi) is 4.75. The van der Waals surface area contributed by atoms with Crippen LogP contribution in [-0.2, 0) is 16.8 Å². The molecule has 0 fully saturated rings. The van der Waals surface area contributed by atoms with E-state index in [4.69, 9.17) is 4.42 Å². The third-order valence-electron chi connectivity index (χ3n) is 3.64. The summed E-state index contributed by atoms with van der Waals surface area (Å²) in [6.07, 6.45) is -0.178. The number of hydrogen-bond acceptors (Lipinski definition) is 4. The summed E-state index contributed by atoms with van der Waals surface area (Å²) in [7, 11) is 0. The van der Waals surface area contributed by atoms with Crippen molar-refractivity contribution in [2.45, 2.75) is 32.8 Å². The van der Waals surface area contributed by atoms with Gasteiger partial charge >= 0.3 is 0 Å². The van der Waals surface area contributed by atoms with Crippen molar-refractivity contribution in [3.05, 3.63) is 52.7 Å². The van der Waals surface area contributed by atoms with Gasteiger partial charge in [-0.3, -0.25) is 4.79 Å². The number of halogens is 1. The lowest BCUT2D eigenvalue weighted by molar-refractivity contribution is -0.121. The van der Waals surface area contributed by atoms with Gasteiger partial charge < -0.3 is 19.9 Å². The molecule has 0 spiro atoms. The summed E-state index contributed by atoms with van der Waals surface area (Å²) in [5.74, 6) is 0.166. The predicted octanol–water partition coefficient (Wildman–Crippen LogP) is 2.31. The van der Waals surface area contributed by atoms with Gasteiger partial charge in [0.05, 0.1) is 13.0 Å². The molecule has 0 aliphatic carbocycles. The average molecular weight is 321 g/mol. The topological polar surface area (TPSA) is 82.7 Å². The molecule has 1 heterocycles. The maximum atomic E-state index is 13.1. The number of aliphatic hydroxyl groups is 1. The van der Waals surface area contributed by atoms with Crippen molar-refractivity contribution in [2.24, 2.45) is 0 Å². The van der Waals surface area contributed by atoms with Crippen LogP contribution in [0.5, 0.6) is 5.75 Å². The lowest BCUT2D eigenvalue weighted by Gasteiger charge is -2.23. The van der Waals surface area contributed by atoms with E-state index in [1.54, 1.807) is 26.8 Å². The summed E-state index contributed by atoms with van der Waals surface area (Å²) in [6.45, 7) is 5.06. The molecule has 1 unspecified atom stereocenters. The molecule has 1 aromatic carbocycles. The first-order valence-corrected chi connectivity index (χ1v) is 7.23. The Balaban J connectivity index is 2.01. The van der Waals surface area contributed by atoms with Crippen LogP contribution in [0.2, 0.25) is 0 Å². The molecule has 6 heteroatoms. The quantitative estimate of drug-likeness (QED) is 0.789. The van der Waals surface area contributed by atoms with E-state index < -0.39 is 17.3 Å². The minimum Gasteiger partial charge on any atom is -0.508 e. The van der Waals surface area contributed by atoms with Gasteiger partial charge in [-0.25, -0.2) is 4.39 Å². The van der Waals surface area contributed by atoms with Crippen LogP contribution in [0.4, 0.5) is 4.39 Å². The molecular formula is C17H20FNO4. The summed E-state index contributed by atoms with van der Waals surface area (Å²) in [6, 6.07) is 5.15. The predicted molar refractivity (Wildman–Crippen MR) is 82.5 cm³/mol. The van der Waals surface area contributed by atoms with E-state index in [9.17, 15) is 19.4 Å². The zero-order valence-corrected chi connectivity index (χ0v) is 13.3. The van der Waals surface area contributed by atoms with Crippen LogP contribution in [-0.4, -0.2) is 22.7 Å². The number of benzene rings is 1. The molecule has 0 radical (unpaired) electrons. The largest absolute Gasteiger partial charge is 0.508 e. The molecule has 5 nitrogen and oxygen atoms in total. The van der Waals surface area contributed by atoms with Gasteiger partial charge in [0.2, 0.25) is 5.91 Å². The fourth-order valence-electron chi connectivity index (χ4n) is 2.46. The van der Waals surface area contributed by atoms with Crippen LogP contribution in [0.15, 0.2) is 28.7 Å². The summed E-state index contributed by atoms with van der Waals surface area (Å²) in [4.78, 5) is 12.0. The van der Waals surface area contributed by atoms with Gasteiger partial charge in [0.25, 0.3) is 0 Å². The van der Waals surface area contributed by atoms with Crippen LogP contribution in [0.25, 0.3) is 0 Å². The van der Waals surface area contributed by atoms with E-state index in [2.05, 4.69) is 5.32 Å². The van der Waals surface area contributed by atoms with Gasteiger partial charge in [-0.05, 0) is 45.0 Å². The normalized spacial score (nSPS) is 13.6. The number of carbonyl (C=O) groups is 1. The lowest BCUT2D eigenvalue weighted by Crippen LogP contribution is -2.39. The number of phenolic OH excluding ortho intramolecular Hbond substituents is 1. The van der Waals surface area contributed by atoms with Crippen molar-refractivity contribution < 1.29 is 23.8 Å². The minimum atomic E-state index is -1.29. The zero-order valence-electron chi connectivity index (χ0n) is 13.3. The van der Waals surface area contributed by atoms with E-state index in [-0.39, 0.29) is 24.3 Å². The molecule has 0 bridgehead atoms. The van der Waals surface area contributed by atoms with Crippen molar-refractivity contribution in [1.82, 2.24) is 5.32 Å². The van der Waals surface area contributed by atoms with E-state index >= 15 is 0 Å². The maximum Gasteiger partial charge on any atom is 0.224 e. The number of aromatic hydroxyl groups is 1. The molecule has 1 aromatic heterocycles. The maximum absolute atomic E-state index is 13.1. The Labute approximate surface area is 133 Å². The van der Waals surface area contributed by atoms with E-state index in [1.807, 2.05) is 0 Å². The Morgan fingerprint density at radius 2 is 2.04 bits per heavy atom. The van der Waals surface area contributed by atoms with Crippen LogP contribution in [0, 0.1) is 19.7 Å².